The summed E-state index contributed by atoms with van der Waals surface area (Å²) in [4.78, 5) is 25.1. The van der Waals surface area contributed by atoms with Crippen LogP contribution in [0.4, 0.5) is 4.79 Å². The van der Waals surface area contributed by atoms with Crippen LogP contribution in [0.1, 0.15) is 20.3 Å². The van der Waals surface area contributed by atoms with Crippen molar-refractivity contribution in [1.82, 2.24) is 10.2 Å². The topological polar surface area (TPSA) is 58.6 Å². The zero-order chi connectivity index (χ0) is 14.8. The van der Waals surface area contributed by atoms with E-state index in [1.165, 1.54) is 4.90 Å². The number of nitrogens with zero attached hydrogens (tertiary/aromatic N) is 1. The smallest absolute Gasteiger partial charge is 0.325 e. The fraction of sp³-hybridized carbons (Fsp3) is 0.429. The lowest BCUT2D eigenvalue weighted by atomic mass is 9.99. The third-order valence-electron chi connectivity index (χ3n) is 3.43. The Morgan fingerprint density at radius 1 is 1.40 bits per heavy atom. The Bertz CT molecular complexity index is 535. The number of benzene rings is 1. The summed E-state index contributed by atoms with van der Waals surface area (Å²) in [5, 5.41) is 2.71. The first-order chi connectivity index (χ1) is 9.46. The van der Waals surface area contributed by atoms with Crippen molar-refractivity contribution in [1.29, 1.82) is 0 Å². The van der Waals surface area contributed by atoms with E-state index in [1.807, 2.05) is 31.2 Å². The predicted octanol–water partition coefficient (Wildman–Crippen LogP) is 2.55. The van der Waals surface area contributed by atoms with Crippen molar-refractivity contribution in [3.63, 3.8) is 0 Å². The van der Waals surface area contributed by atoms with E-state index < -0.39 is 5.54 Å². The summed E-state index contributed by atoms with van der Waals surface area (Å²) < 4.78 is 6.46. The van der Waals surface area contributed by atoms with E-state index in [-0.39, 0.29) is 25.1 Å². The summed E-state index contributed by atoms with van der Waals surface area (Å²) in [6.45, 7) is 4.13. The molecule has 3 amide bonds. The molecule has 1 heterocycles. The number of hydrogen-bond acceptors (Lipinski definition) is 3. The van der Waals surface area contributed by atoms with Crippen molar-refractivity contribution in [2.45, 2.75) is 25.8 Å². The maximum atomic E-state index is 12.1. The minimum atomic E-state index is -0.785. The number of hydrogen-bond donors (Lipinski definition) is 1. The molecule has 0 aliphatic carbocycles. The van der Waals surface area contributed by atoms with Crippen molar-refractivity contribution in [2.24, 2.45) is 0 Å². The van der Waals surface area contributed by atoms with Crippen LogP contribution in [-0.4, -0.2) is 35.5 Å². The molecule has 0 saturated carbocycles. The molecule has 0 aromatic heterocycles. The molecule has 108 valence electrons. The number of carbonyl (C=O) groups is 2. The Hall–Kier alpha value is -1.56. The van der Waals surface area contributed by atoms with Crippen LogP contribution < -0.4 is 10.1 Å². The van der Waals surface area contributed by atoms with Crippen LogP contribution >= 0.6 is 15.9 Å². The van der Waals surface area contributed by atoms with Crippen LogP contribution in [0.3, 0.4) is 0 Å². The molecule has 1 aliphatic rings. The lowest BCUT2D eigenvalue weighted by molar-refractivity contribution is -0.131. The molecule has 1 saturated heterocycles. The summed E-state index contributed by atoms with van der Waals surface area (Å²) in [5.41, 5.74) is -0.785. The number of rotatable bonds is 5. The fourth-order valence-electron chi connectivity index (χ4n) is 2.00. The highest BCUT2D eigenvalue weighted by Gasteiger charge is 2.46. The number of carbonyl (C=O) groups excluding carboxylic acids is 2. The third kappa shape index (κ3) is 2.95. The quantitative estimate of drug-likeness (QED) is 0.838. The fourth-order valence-corrected chi connectivity index (χ4v) is 2.38. The SMILES string of the molecule is CCC1(C)NC(=O)N(CCOc2cccc(Br)c2)C1=O. The minimum absolute atomic E-state index is 0.192. The van der Waals surface area contributed by atoms with Gasteiger partial charge in [0.15, 0.2) is 0 Å². The molecule has 1 fully saturated rings. The number of nitrogens with one attached hydrogen (secondary N) is 1. The van der Waals surface area contributed by atoms with Gasteiger partial charge in [-0.25, -0.2) is 4.79 Å². The molecule has 0 spiro atoms. The number of urea groups is 1. The summed E-state index contributed by atoms with van der Waals surface area (Å²) in [6, 6.07) is 7.07. The molecule has 1 aliphatic heterocycles. The molecule has 1 unspecified atom stereocenters. The Labute approximate surface area is 126 Å². The number of halogens is 1. The molecule has 2 rings (SSSR count). The molecule has 1 N–H and O–H groups in total. The maximum absolute atomic E-state index is 12.1. The van der Waals surface area contributed by atoms with E-state index >= 15 is 0 Å². The first-order valence-electron chi connectivity index (χ1n) is 6.49. The summed E-state index contributed by atoms with van der Waals surface area (Å²) in [5.74, 6) is 0.507. The lowest BCUT2D eigenvalue weighted by Gasteiger charge is -2.19. The Balaban J connectivity index is 1.91. The normalized spacial score (nSPS) is 22.1. The Morgan fingerprint density at radius 2 is 2.15 bits per heavy atom. The molecule has 0 bridgehead atoms. The van der Waals surface area contributed by atoms with Crippen LogP contribution in [-0.2, 0) is 4.79 Å². The molecule has 6 heteroatoms. The summed E-state index contributed by atoms with van der Waals surface area (Å²) in [7, 11) is 0. The lowest BCUT2D eigenvalue weighted by Crippen LogP contribution is -2.43. The molecule has 20 heavy (non-hydrogen) atoms. The average Bonchev–Trinajstić information content (AvgIpc) is 2.63. The second kappa shape index (κ2) is 5.83. The molecule has 1 atom stereocenters. The number of ether oxygens (including phenoxy) is 1. The van der Waals surface area contributed by atoms with Crippen LogP contribution in [0.15, 0.2) is 28.7 Å². The van der Waals surface area contributed by atoms with E-state index in [0.717, 1.165) is 4.47 Å². The number of imide groups is 1. The Morgan fingerprint density at radius 3 is 2.75 bits per heavy atom. The monoisotopic (exact) mass is 340 g/mol. The highest BCUT2D eigenvalue weighted by molar-refractivity contribution is 9.10. The number of amides is 3. The van der Waals surface area contributed by atoms with Gasteiger partial charge in [-0.3, -0.25) is 9.69 Å². The van der Waals surface area contributed by atoms with E-state index in [1.54, 1.807) is 6.92 Å². The molecule has 0 radical (unpaired) electrons. The molecule has 1 aromatic carbocycles. The molecular formula is C14H17BrN2O3. The largest absolute Gasteiger partial charge is 0.492 e. The van der Waals surface area contributed by atoms with Crippen LogP contribution in [0.25, 0.3) is 0 Å². The van der Waals surface area contributed by atoms with Gasteiger partial charge in [0.1, 0.15) is 17.9 Å². The van der Waals surface area contributed by atoms with E-state index in [4.69, 9.17) is 4.74 Å². The van der Waals surface area contributed by atoms with E-state index in [9.17, 15) is 9.59 Å². The van der Waals surface area contributed by atoms with Gasteiger partial charge in [0.2, 0.25) is 0 Å². The first kappa shape index (κ1) is 14.8. The van der Waals surface area contributed by atoms with E-state index in [0.29, 0.717) is 12.2 Å². The summed E-state index contributed by atoms with van der Waals surface area (Å²) in [6.07, 6.45) is 0.570. The molecular weight excluding hydrogens is 324 g/mol. The van der Waals surface area contributed by atoms with Gasteiger partial charge in [0, 0.05) is 4.47 Å². The van der Waals surface area contributed by atoms with Gasteiger partial charge in [-0.2, -0.15) is 0 Å². The van der Waals surface area contributed by atoms with Crippen LogP contribution in [0.2, 0.25) is 0 Å². The zero-order valence-electron chi connectivity index (χ0n) is 11.5. The van der Waals surface area contributed by atoms with Crippen molar-refractivity contribution in [3.05, 3.63) is 28.7 Å². The van der Waals surface area contributed by atoms with Crippen LogP contribution in [0.5, 0.6) is 5.75 Å². The highest BCUT2D eigenvalue weighted by Crippen LogP contribution is 2.21. The van der Waals surface area contributed by atoms with Crippen molar-refractivity contribution in [2.75, 3.05) is 13.2 Å². The Kier molecular flexibility index (Phi) is 4.32. The van der Waals surface area contributed by atoms with Gasteiger partial charge in [-0.05, 0) is 31.5 Å². The van der Waals surface area contributed by atoms with Crippen LogP contribution in [0, 0.1) is 0 Å². The highest BCUT2D eigenvalue weighted by atomic mass is 79.9. The second-order valence-electron chi connectivity index (χ2n) is 4.88. The molecule has 1 aromatic rings. The second-order valence-corrected chi connectivity index (χ2v) is 5.79. The standard InChI is InChI=1S/C14H17BrN2O3/c1-3-14(2)12(18)17(13(19)16-14)7-8-20-11-6-4-5-10(15)9-11/h4-6,9H,3,7-8H2,1-2H3,(H,16,19). The maximum Gasteiger partial charge on any atom is 0.325 e. The molecule has 5 nitrogen and oxygen atoms in total. The van der Waals surface area contributed by atoms with Gasteiger partial charge in [-0.1, -0.05) is 28.9 Å². The first-order valence-corrected chi connectivity index (χ1v) is 7.28. The zero-order valence-corrected chi connectivity index (χ0v) is 13.1. The van der Waals surface area contributed by atoms with E-state index in [2.05, 4.69) is 21.2 Å². The van der Waals surface area contributed by atoms with Gasteiger partial charge in [0.05, 0.1) is 6.54 Å². The van der Waals surface area contributed by atoms with Crippen molar-refractivity contribution < 1.29 is 14.3 Å². The van der Waals surface area contributed by atoms with Gasteiger partial charge >= 0.3 is 6.03 Å². The van der Waals surface area contributed by atoms with Crippen molar-refractivity contribution in [3.8, 4) is 5.75 Å². The minimum Gasteiger partial charge on any atom is -0.492 e. The summed E-state index contributed by atoms with van der Waals surface area (Å²) >= 11 is 3.36. The average molecular weight is 341 g/mol. The van der Waals surface area contributed by atoms with Gasteiger partial charge in [-0.15, -0.1) is 0 Å². The van der Waals surface area contributed by atoms with Gasteiger partial charge < -0.3 is 10.1 Å². The third-order valence-corrected chi connectivity index (χ3v) is 3.93. The van der Waals surface area contributed by atoms with Crippen molar-refractivity contribution >= 4 is 27.9 Å². The van der Waals surface area contributed by atoms with Gasteiger partial charge in [0.25, 0.3) is 5.91 Å². The predicted molar refractivity (Wildman–Crippen MR) is 78.6 cm³/mol.